The molecule has 126 valence electrons. The molecule has 0 aliphatic rings. The number of amides is 2. The fourth-order valence-electron chi connectivity index (χ4n) is 1.86. The molecule has 2 amide bonds. The molecule has 7 nitrogen and oxygen atoms in total. The van der Waals surface area contributed by atoms with Crippen LogP contribution < -0.4 is 10.6 Å². The Hall–Kier alpha value is -2.67. The Morgan fingerprint density at radius 3 is 2.67 bits per heavy atom. The summed E-state index contributed by atoms with van der Waals surface area (Å²) in [7, 11) is 1.47. The number of carbonyl (C=O) groups is 2. The molecule has 1 aromatic carbocycles. The molecule has 0 saturated carbocycles. The highest BCUT2D eigenvalue weighted by Crippen LogP contribution is 2.19. The molecule has 1 aromatic heterocycles. The normalized spacial score (nSPS) is 10.1. The summed E-state index contributed by atoms with van der Waals surface area (Å²) >= 11 is 5.87. The second-order valence-corrected chi connectivity index (χ2v) is 5.26. The van der Waals surface area contributed by atoms with Crippen LogP contribution in [0.25, 0.3) is 11.3 Å². The second-order valence-electron chi connectivity index (χ2n) is 4.83. The van der Waals surface area contributed by atoms with Gasteiger partial charge in [0.1, 0.15) is 6.33 Å². The summed E-state index contributed by atoms with van der Waals surface area (Å²) in [6.07, 6.45) is 1.34. The third-order valence-corrected chi connectivity index (χ3v) is 3.38. The lowest BCUT2D eigenvalue weighted by atomic mass is 10.1. The molecule has 2 aromatic rings. The number of benzene rings is 1. The van der Waals surface area contributed by atoms with E-state index in [1.165, 1.54) is 13.4 Å². The molecular formula is C16H17ClN4O3. The van der Waals surface area contributed by atoms with E-state index in [9.17, 15) is 9.59 Å². The SMILES string of the molecule is CNC(=O)COC(=O)NCCc1cc(-c2ccc(Cl)cc2)ncn1. The molecule has 0 spiro atoms. The van der Waals surface area contributed by atoms with Crippen molar-refractivity contribution in [2.45, 2.75) is 6.42 Å². The number of rotatable bonds is 6. The maximum Gasteiger partial charge on any atom is 0.407 e. The van der Waals surface area contributed by atoms with Gasteiger partial charge >= 0.3 is 6.09 Å². The number of carbonyl (C=O) groups excluding carboxylic acids is 2. The van der Waals surface area contributed by atoms with Gasteiger partial charge in [-0.25, -0.2) is 14.8 Å². The predicted octanol–water partition coefficient (Wildman–Crippen LogP) is 1.81. The topological polar surface area (TPSA) is 93.2 Å². The Kier molecular flexibility index (Phi) is 6.51. The van der Waals surface area contributed by atoms with Gasteiger partial charge in [-0.3, -0.25) is 4.79 Å². The van der Waals surface area contributed by atoms with Gasteiger partial charge in [0.05, 0.1) is 5.69 Å². The number of nitrogens with zero attached hydrogens (tertiary/aromatic N) is 2. The monoisotopic (exact) mass is 348 g/mol. The third kappa shape index (κ3) is 5.51. The number of ether oxygens (including phenoxy) is 1. The van der Waals surface area contributed by atoms with E-state index in [4.69, 9.17) is 16.3 Å². The third-order valence-electron chi connectivity index (χ3n) is 3.13. The average Bonchev–Trinajstić information content (AvgIpc) is 2.60. The highest BCUT2D eigenvalue weighted by atomic mass is 35.5. The van der Waals surface area contributed by atoms with Crippen LogP contribution in [0.5, 0.6) is 0 Å². The van der Waals surface area contributed by atoms with Gasteiger partial charge in [0.15, 0.2) is 6.61 Å². The molecule has 0 saturated heterocycles. The number of hydrogen-bond donors (Lipinski definition) is 2. The minimum atomic E-state index is -0.648. The molecule has 24 heavy (non-hydrogen) atoms. The minimum Gasteiger partial charge on any atom is -0.439 e. The number of alkyl carbamates (subject to hydrolysis) is 1. The van der Waals surface area contributed by atoms with Crippen molar-refractivity contribution in [1.82, 2.24) is 20.6 Å². The average molecular weight is 349 g/mol. The maximum atomic E-state index is 11.4. The summed E-state index contributed by atoms with van der Waals surface area (Å²) < 4.78 is 4.73. The van der Waals surface area contributed by atoms with E-state index in [1.54, 1.807) is 12.1 Å². The van der Waals surface area contributed by atoms with Crippen LogP contribution in [-0.2, 0) is 16.0 Å². The van der Waals surface area contributed by atoms with Gasteiger partial charge in [0.2, 0.25) is 0 Å². The molecule has 1 heterocycles. The Morgan fingerprint density at radius 1 is 1.21 bits per heavy atom. The predicted molar refractivity (Wildman–Crippen MR) is 89.6 cm³/mol. The van der Waals surface area contributed by atoms with Gasteiger partial charge in [-0.2, -0.15) is 0 Å². The van der Waals surface area contributed by atoms with Gasteiger partial charge in [-0.1, -0.05) is 23.7 Å². The number of hydrogen-bond acceptors (Lipinski definition) is 5. The van der Waals surface area contributed by atoms with E-state index in [1.807, 2.05) is 18.2 Å². The first kappa shape index (κ1) is 17.7. The fourth-order valence-corrected chi connectivity index (χ4v) is 1.99. The van der Waals surface area contributed by atoms with Crippen molar-refractivity contribution in [3.8, 4) is 11.3 Å². The second kappa shape index (κ2) is 8.83. The van der Waals surface area contributed by atoms with Crippen molar-refractivity contribution >= 4 is 23.6 Å². The molecule has 0 unspecified atom stereocenters. The van der Waals surface area contributed by atoms with Crippen LogP contribution in [0, 0.1) is 0 Å². The van der Waals surface area contributed by atoms with Crippen molar-refractivity contribution in [3.63, 3.8) is 0 Å². The molecule has 2 rings (SSSR count). The van der Waals surface area contributed by atoms with Crippen LogP contribution in [0.4, 0.5) is 4.79 Å². The van der Waals surface area contributed by atoms with Crippen LogP contribution in [-0.4, -0.2) is 42.2 Å². The number of halogens is 1. The molecule has 0 bridgehead atoms. The van der Waals surface area contributed by atoms with Crippen molar-refractivity contribution < 1.29 is 14.3 Å². The van der Waals surface area contributed by atoms with Gasteiger partial charge in [-0.05, 0) is 18.2 Å². The van der Waals surface area contributed by atoms with E-state index in [2.05, 4.69) is 20.6 Å². The Bertz CT molecular complexity index is 707. The molecule has 0 atom stereocenters. The van der Waals surface area contributed by atoms with Crippen molar-refractivity contribution in [2.75, 3.05) is 20.2 Å². The molecule has 0 aliphatic carbocycles. The van der Waals surface area contributed by atoms with Crippen LogP contribution >= 0.6 is 11.6 Å². The van der Waals surface area contributed by atoms with Crippen molar-refractivity contribution in [1.29, 1.82) is 0 Å². The number of likely N-dealkylation sites (N-methyl/N-ethyl adjacent to an activating group) is 1. The maximum absolute atomic E-state index is 11.4. The van der Waals surface area contributed by atoms with E-state index < -0.39 is 6.09 Å². The minimum absolute atomic E-state index is 0.309. The number of nitrogens with one attached hydrogen (secondary N) is 2. The summed E-state index contributed by atoms with van der Waals surface area (Å²) in [5.74, 6) is -0.367. The Morgan fingerprint density at radius 2 is 1.96 bits per heavy atom. The van der Waals surface area contributed by atoms with Crippen LogP contribution in [0.3, 0.4) is 0 Å². The number of aromatic nitrogens is 2. The standard InChI is InChI=1S/C16H17ClN4O3/c1-18-15(22)9-24-16(23)19-7-6-13-8-14(21-10-20-13)11-2-4-12(17)5-3-11/h2-5,8,10H,6-7,9H2,1H3,(H,18,22)(H,19,23). The van der Waals surface area contributed by atoms with E-state index in [0.717, 1.165) is 17.0 Å². The molecule has 8 heteroatoms. The van der Waals surface area contributed by atoms with E-state index >= 15 is 0 Å². The zero-order valence-corrected chi connectivity index (χ0v) is 13.8. The molecule has 0 aliphatic heterocycles. The summed E-state index contributed by atoms with van der Waals surface area (Å²) in [6.45, 7) is 0.0280. The van der Waals surface area contributed by atoms with Gasteiger partial charge < -0.3 is 15.4 Å². The van der Waals surface area contributed by atoms with Gasteiger partial charge in [0.25, 0.3) is 5.91 Å². The van der Waals surface area contributed by atoms with Crippen molar-refractivity contribution in [2.24, 2.45) is 0 Å². The van der Waals surface area contributed by atoms with Crippen LogP contribution in [0.2, 0.25) is 5.02 Å². The summed E-state index contributed by atoms with van der Waals surface area (Å²) in [4.78, 5) is 30.8. The van der Waals surface area contributed by atoms with Gasteiger partial charge in [-0.15, -0.1) is 0 Å². The smallest absolute Gasteiger partial charge is 0.407 e. The lowest BCUT2D eigenvalue weighted by molar-refractivity contribution is -0.123. The van der Waals surface area contributed by atoms with Crippen LogP contribution in [0.1, 0.15) is 5.69 Å². The summed E-state index contributed by atoms with van der Waals surface area (Å²) in [5, 5.41) is 5.58. The summed E-state index contributed by atoms with van der Waals surface area (Å²) in [5.41, 5.74) is 2.49. The largest absolute Gasteiger partial charge is 0.439 e. The van der Waals surface area contributed by atoms with Crippen LogP contribution in [0.15, 0.2) is 36.7 Å². The Labute approximate surface area is 144 Å². The molecular weight excluding hydrogens is 332 g/mol. The molecule has 2 N–H and O–H groups in total. The quantitative estimate of drug-likeness (QED) is 0.830. The summed E-state index contributed by atoms with van der Waals surface area (Å²) in [6, 6.07) is 9.19. The van der Waals surface area contributed by atoms with Gasteiger partial charge in [0, 0.05) is 36.3 Å². The highest BCUT2D eigenvalue weighted by molar-refractivity contribution is 6.30. The van der Waals surface area contributed by atoms with E-state index in [-0.39, 0.29) is 12.5 Å². The lowest BCUT2D eigenvalue weighted by Crippen LogP contribution is -2.31. The first-order chi connectivity index (χ1) is 11.6. The van der Waals surface area contributed by atoms with Crippen molar-refractivity contribution in [3.05, 3.63) is 47.4 Å². The van der Waals surface area contributed by atoms with E-state index in [0.29, 0.717) is 18.0 Å². The lowest BCUT2D eigenvalue weighted by Gasteiger charge is -2.07. The first-order valence-electron chi connectivity index (χ1n) is 7.26. The highest BCUT2D eigenvalue weighted by Gasteiger charge is 2.06. The zero-order chi connectivity index (χ0) is 17.4. The fraction of sp³-hybridized carbons (Fsp3) is 0.250. The molecule has 0 radical (unpaired) electrons. The Balaban J connectivity index is 1.85. The molecule has 0 fully saturated rings. The first-order valence-corrected chi connectivity index (χ1v) is 7.64. The zero-order valence-electron chi connectivity index (χ0n) is 13.1.